The number of ether oxygens (including phenoxy) is 1. The third-order valence-electron chi connectivity index (χ3n) is 4.04. The van der Waals surface area contributed by atoms with E-state index in [0.29, 0.717) is 5.88 Å². The predicted molar refractivity (Wildman–Crippen MR) is 94.2 cm³/mol. The van der Waals surface area contributed by atoms with E-state index in [-0.39, 0.29) is 23.1 Å². The highest BCUT2D eigenvalue weighted by Crippen LogP contribution is 2.13. The van der Waals surface area contributed by atoms with Crippen LogP contribution >= 0.6 is 0 Å². The van der Waals surface area contributed by atoms with E-state index in [1.54, 1.807) is 18.3 Å². The number of carbonyl (C=O) groups excluding carboxylic acids is 1. The topological polar surface area (TPSA) is 108 Å². The van der Waals surface area contributed by atoms with Gasteiger partial charge in [-0.05, 0) is 12.1 Å². The van der Waals surface area contributed by atoms with Gasteiger partial charge in [0.2, 0.25) is 5.88 Å². The van der Waals surface area contributed by atoms with E-state index in [2.05, 4.69) is 15.3 Å². The van der Waals surface area contributed by atoms with Crippen molar-refractivity contribution in [3.05, 3.63) is 62.6 Å². The molecule has 9 heteroatoms. The Morgan fingerprint density at radius 3 is 2.73 bits per heavy atom. The summed E-state index contributed by atoms with van der Waals surface area (Å²) in [6.45, 7) is 0.208. The molecule has 0 aliphatic heterocycles. The summed E-state index contributed by atoms with van der Waals surface area (Å²) in [5, 5.41) is 2.93. The third kappa shape index (κ3) is 2.94. The minimum atomic E-state index is -0.501. The second-order valence-corrected chi connectivity index (χ2v) is 5.66. The van der Waals surface area contributed by atoms with E-state index in [0.717, 1.165) is 10.1 Å². The molecule has 0 aliphatic carbocycles. The Morgan fingerprint density at radius 1 is 1.23 bits per heavy atom. The second-order valence-electron chi connectivity index (χ2n) is 5.66. The zero-order valence-electron chi connectivity index (χ0n) is 14.5. The molecule has 0 fully saturated rings. The molecule has 0 saturated heterocycles. The van der Waals surface area contributed by atoms with Gasteiger partial charge in [0.05, 0.1) is 18.1 Å². The number of rotatable bonds is 4. The Labute approximate surface area is 147 Å². The van der Waals surface area contributed by atoms with E-state index in [4.69, 9.17) is 4.74 Å². The summed E-state index contributed by atoms with van der Waals surface area (Å²) in [7, 11) is 4.40. The van der Waals surface area contributed by atoms with Crippen molar-refractivity contribution in [3.63, 3.8) is 0 Å². The minimum Gasteiger partial charge on any atom is -0.481 e. The summed E-state index contributed by atoms with van der Waals surface area (Å²) in [4.78, 5) is 44.8. The van der Waals surface area contributed by atoms with Crippen LogP contribution in [0.3, 0.4) is 0 Å². The first-order valence-corrected chi connectivity index (χ1v) is 7.76. The van der Waals surface area contributed by atoms with E-state index < -0.39 is 17.2 Å². The van der Waals surface area contributed by atoms with E-state index in [9.17, 15) is 14.4 Å². The summed E-state index contributed by atoms with van der Waals surface area (Å²) in [6.07, 6.45) is 2.93. The van der Waals surface area contributed by atoms with Crippen molar-refractivity contribution in [1.29, 1.82) is 0 Å². The van der Waals surface area contributed by atoms with Gasteiger partial charge < -0.3 is 10.1 Å². The molecule has 1 N–H and O–H groups in total. The van der Waals surface area contributed by atoms with E-state index >= 15 is 0 Å². The van der Waals surface area contributed by atoms with Crippen molar-refractivity contribution < 1.29 is 9.53 Å². The van der Waals surface area contributed by atoms with Crippen LogP contribution in [-0.2, 0) is 20.6 Å². The Bertz CT molecular complexity index is 1120. The quantitative estimate of drug-likeness (QED) is 0.704. The normalized spacial score (nSPS) is 10.7. The molecule has 3 heterocycles. The van der Waals surface area contributed by atoms with Crippen LogP contribution in [0, 0.1) is 0 Å². The molecule has 0 aliphatic rings. The van der Waals surface area contributed by atoms with Gasteiger partial charge in [0.1, 0.15) is 5.65 Å². The van der Waals surface area contributed by atoms with Crippen LogP contribution in [0.15, 0.2) is 40.2 Å². The maximum atomic E-state index is 12.4. The Morgan fingerprint density at radius 2 is 2.00 bits per heavy atom. The number of carbonyl (C=O) groups is 1. The van der Waals surface area contributed by atoms with Gasteiger partial charge in [-0.25, -0.2) is 14.8 Å². The summed E-state index contributed by atoms with van der Waals surface area (Å²) in [5.41, 5.74) is 0.185. The molecule has 26 heavy (non-hydrogen) atoms. The van der Waals surface area contributed by atoms with Crippen LogP contribution in [0.5, 0.6) is 5.88 Å². The SMILES string of the molecule is COc1ncccc1CNC(=O)c1cnc2c(c1)c(=O)n(C)c(=O)n2C. The average molecular weight is 355 g/mol. The minimum absolute atomic E-state index is 0.196. The smallest absolute Gasteiger partial charge is 0.332 e. The molecule has 0 saturated carbocycles. The van der Waals surface area contributed by atoms with Crippen LogP contribution in [-0.4, -0.2) is 32.1 Å². The lowest BCUT2D eigenvalue weighted by atomic mass is 10.2. The maximum absolute atomic E-state index is 12.4. The van der Waals surface area contributed by atoms with Gasteiger partial charge in [-0.15, -0.1) is 0 Å². The number of amides is 1. The van der Waals surface area contributed by atoms with Crippen molar-refractivity contribution in [3.8, 4) is 5.88 Å². The van der Waals surface area contributed by atoms with Gasteiger partial charge in [0.15, 0.2) is 0 Å². The largest absolute Gasteiger partial charge is 0.481 e. The van der Waals surface area contributed by atoms with Crippen LogP contribution in [0.25, 0.3) is 11.0 Å². The molecule has 1 amide bonds. The van der Waals surface area contributed by atoms with Crippen LogP contribution in [0.1, 0.15) is 15.9 Å². The molecule has 0 atom stereocenters. The molecule has 3 rings (SSSR count). The lowest BCUT2D eigenvalue weighted by Crippen LogP contribution is -2.37. The molecule has 0 aromatic carbocycles. The van der Waals surface area contributed by atoms with E-state index in [1.807, 2.05) is 0 Å². The van der Waals surface area contributed by atoms with Gasteiger partial charge in [-0.1, -0.05) is 6.07 Å². The third-order valence-corrected chi connectivity index (χ3v) is 4.04. The fourth-order valence-electron chi connectivity index (χ4n) is 2.61. The van der Waals surface area contributed by atoms with E-state index in [1.165, 1.54) is 38.0 Å². The number of pyridine rings is 2. The monoisotopic (exact) mass is 355 g/mol. The lowest BCUT2D eigenvalue weighted by molar-refractivity contribution is 0.0950. The number of nitrogens with zero attached hydrogens (tertiary/aromatic N) is 4. The molecule has 134 valence electrons. The summed E-state index contributed by atoms with van der Waals surface area (Å²) in [6, 6.07) is 4.96. The Balaban J connectivity index is 1.92. The molecule has 0 spiro atoms. The summed E-state index contributed by atoms with van der Waals surface area (Å²) < 4.78 is 7.38. The number of hydrogen-bond donors (Lipinski definition) is 1. The fourth-order valence-corrected chi connectivity index (χ4v) is 2.61. The first-order chi connectivity index (χ1) is 12.4. The Kier molecular flexibility index (Phi) is 4.53. The maximum Gasteiger partial charge on any atom is 0.332 e. The fraction of sp³-hybridized carbons (Fsp3) is 0.235. The van der Waals surface area contributed by atoms with Crippen molar-refractivity contribution in [2.75, 3.05) is 7.11 Å². The van der Waals surface area contributed by atoms with Crippen molar-refractivity contribution in [2.24, 2.45) is 14.1 Å². The highest BCUT2D eigenvalue weighted by Gasteiger charge is 2.14. The van der Waals surface area contributed by atoms with Gasteiger partial charge in [0, 0.05) is 38.6 Å². The molecular weight excluding hydrogens is 338 g/mol. The molecule has 9 nitrogen and oxygen atoms in total. The predicted octanol–water partition coefficient (Wildman–Crippen LogP) is -0.0342. The van der Waals surface area contributed by atoms with Gasteiger partial charge in [-0.2, -0.15) is 0 Å². The van der Waals surface area contributed by atoms with Gasteiger partial charge >= 0.3 is 5.69 Å². The zero-order chi connectivity index (χ0) is 18.8. The molecular formula is C17H17N5O4. The molecule has 0 unspecified atom stereocenters. The highest BCUT2D eigenvalue weighted by molar-refractivity contribution is 5.96. The average Bonchev–Trinajstić information content (AvgIpc) is 2.68. The van der Waals surface area contributed by atoms with Crippen molar-refractivity contribution >= 4 is 16.9 Å². The Hall–Kier alpha value is -3.49. The molecule has 3 aromatic heterocycles. The van der Waals surface area contributed by atoms with Crippen molar-refractivity contribution in [2.45, 2.75) is 6.54 Å². The number of methoxy groups -OCH3 is 1. The second kappa shape index (κ2) is 6.79. The standard InChI is InChI=1S/C17H17N5O4/c1-21-13-12(16(24)22(2)17(21)25)7-11(9-19-13)14(23)20-8-10-5-4-6-18-15(10)26-3/h4-7,9H,8H2,1-3H3,(H,20,23). The van der Waals surface area contributed by atoms with Gasteiger partial charge in [0.25, 0.3) is 11.5 Å². The van der Waals surface area contributed by atoms with Crippen LogP contribution in [0.2, 0.25) is 0 Å². The van der Waals surface area contributed by atoms with Crippen LogP contribution < -0.4 is 21.3 Å². The zero-order valence-corrected chi connectivity index (χ0v) is 14.5. The molecule has 0 bridgehead atoms. The first kappa shape index (κ1) is 17.3. The number of nitrogens with one attached hydrogen (secondary N) is 1. The molecule has 0 radical (unpaired) electrons. The number of aryl methyl sites for hydroxylation is 1. The van der Waals surface area contributed by atoms with Crippen LogP contribution in [0.4, 0.5) is 0 Å². The number of fused-ring (bicyclic) bond motifs is 1. The summed E-state index contributed by atoms with van der Waals surface area (Å²) in [5.74, 6) is 0.0227. The van der Waals surface area contributed by atoms with Crippen molar-refractivity contribution in [1.82, 2.24) is 24.4 Å². The lowest BCUT2D eigenvalue weighted by Gasteiger charge is -2.10. The number of hydrogen-bond acceptors (Lipinski definition) is 6. The summed E-state index contributed by atoms with van der Waals surface area (Å²) >= 11 is 0. The van der Waals surface area contributed by atoms with Gasteiger partial charge in [-0.3, -0.25) is 18.7 Å². The highest BCUT2D eigenvalue weighted by atomic mass is 16.5. The first-order valence-electron chi connectivity index (χ1n) is 7.76. The molecule has 3 aromatic rings. The number of aromatic nitrogens is 4.